The number of hydrogen-bond acceptors (Lipinski definition) is 8. The van der Waals surface area contributed by atoms with Crippen LogP contribution in [0.4, 0.5) is 16.2 Å². The van der Waals surface area contributed by atoms with Crippen LogP contribution in [0.25, 0.3) is 0 Å². The number of ether oxygens (including phenoxy) is 2. The van der Waals surface area contributed by atoms with E-state index in [9.17, 15) is 13.2 Å². The molecule has 0 unspecified atom stereocenters. The second-order valence-corrected chi connectivity index (χ2v) is 13.0. The van der Waals surface area contributed by atoms with E-state index in [0.29, 0.717) is 35.9 Å². The Labute approximate surface area is 256 Å². The van der Waals surface area contributed by atoms with Crippen LogP contribution in [0, 0.1) is 0 Å². The number of nitrogens with one attached hydrogen (secondary N) is 1. The van der Waals surface area contributed by atoms with Crippen molar-refractivity contribution in [2.24, 2.45) is 10.1 Å². The molecule has 0 aromatic heterocycles. The van der Waals surface area contributed by atoms with Crippen LogP contribution in [0.3, 0.4) is 0 Å². The zero-order valence-electron chi connectivity index (χ0n) is 24.7. The van der Waals surface area contributed by atoms with Crippen molar-refractivity contribution in [1.29, 1.82) is 0 Å². The van der Waals surface area contributed by atoms with Gasteiger partial charge in [0.2, 0.25) is 10.0 Å². The summed E-state index contributed by atoms with van der Waals surface area (Å²) in [5, 5.41) is 5.84. The molecule has 1 amide bonds. The van der Waals surface area contributed by atoms with Gasteiger partial charge in [0.1, 0.15) is 5.84 Å². The van der Waals surface area contributed by atoms with E-state index in [1.165, 1.54) is 22.3 Å². The lowest BCUT2D eigenvalue weighted by atomic mass is 9.97. The summed E-state index contributed by atoms with van der Waals surface area (Å²) in [5.74, 6) is 2.66. The fourth-order valence-electron chi connectivity index (χ4n) is 5.16. The quantitative estimate of drug-likeness (QED) is 0.264. The molecule has 0 atom stereocenters. The molecule has 43 heavy (non-hydrogen) atoms. The van der Waals surface area contributed by atoms with Crippen molar-refractivity contribution in [2.45, 2.75) is 19.3 Å². The molecule has 0 spiro atoms. The van der Waals surface area contributed by atoms with Gasteiger partial charge in [0.05, 0.1) is 26.2 Å². The van der Waals surface area contributed by atoms with Crippen LogP contribution in [0.15, 0.2) is 70.8 Å². The summed E-state index contributed by atoms with van der Waals surface area (Å²) in [5.41, 5.74) is 6.69. The van der Waals surface area contributed by atoms with Gasteiger partial charge in [-0.2, -0.15) is 5.10 Å². The predicted octanol–water partition coefficient (Wildman–Crippen LogP) is 5.02. The summed E-state index contributed by atoms with van der Waals surface area (Å²) in [7, 11) is 1.59. The van der Waals surface area contributed by atoms with Crippen molar-refractivity contribution in [3.63, 3.8) is 0 Å². The molecule has 2 heterocycles. The first-order valence-electron chi connectivity index (χ1n) is 13.9. The Kier molecular flexibility index (Phi) is 9.26. The van der Waals surface area contributed by atoms with Gasteiger partial charge in [0, 0.05) is 42.8 Å². The van der Waals surface area contributed by atoms with Crippen LogP contribution in [0.5, 0.6) is 11.5 Å². The van der Waals surface area contributed by atoms with Gasteiger partial charge < -0.3 is 14.4 Å². The fourth-order valence-corrected chi connectivity index (χ4v) is 6.44. The Morgan fingerprint density at radius 3 is 2.51 bits per heavy atom. The number of rotatable bonds is 9. The molecule has 226 valence electrons. The topological polar surface area (TPSA) is 113 Å². The van der Waals surface area contributed by atoms with Gasteiger partial charge in [-0.1, -0.05) is 30.0 Å². The molecule has 10 nitrogen and oxygen atoms in total. The number of aliphatic imine (C=N–C) groups is 1. The van der Waals surface area contributed by atoms with E-state index in [1.54, 1.807) is 33.4 Å². The van der Waals surface area contributed by atoms with Gasteiger partial charge in [-0.05, 0) is 78.4 Å². The molecular weight excluding hydrogens is 587 g/mol. The van der Waals surface area contributed by atoms with Gasteiger partial charge in [-0.25, -0.2) is 13.4 Å². The zero-order valence-corrected chi connectivity index (χ0v) is 26.3. The lowest BCUT2D eigenvalue weighted by Crippen LogP contribution is -2.36. The minimum atomic E-state index is -3.33. The number of carbonyl (C=O) groups excluding carboxylic acids is 1. The highest BCUT2D eigenvalue weighted by molar-refractivity contribution is 8.14. The minimum Gasteiger partial charge on any atom is -0.493 e. The number of anilines is 2. The largest absolute Gasteiger partial charge is 0.493 e. The number of thioether (sulfide) groups is 1. The number of fused-ring (bicyclic) bond motifs is 1. The number of carbonyl (C=O) groups is 1. The Morgan fingerprint density at radius 2 is 1.81 bits per heavy atom. The molecular formula is C31H35N5O5S2. The first-order chi connectivity index (χ1) is 20.6. The van der Waals surface area contributed by atoms with E-state index >= 15 is 0 Å². The van der Waals surface area contributed by atoms with E-state index in [4.69, 9.17) is 14.5 Å². The van der Waals surface area contributed by atoms with Crippen molar-refractivity contribution in [2.75, 3.05) is 56.0 Å². The summed E-state index contributed by atoms with van der Waals surface area (Å²) in [4.78, 5) is 19.3. The van der Waals surface area contributed by atoms with E-state index in [2.05, 4.69) is 32.9 Å². The number of nitrogens with zero attached hydrogens (tertiary/aromatic N) is 4. The van der Waals surface area contributed by atoms with Gasteiger partial charge >= 0.3 is 5.24 Å². The van der Waals surface area contributed by atoms with Crippen LogP contribution in [0.1, 0.15) is 28.7 Å². The lowest BCUT2D eigenvalue weighted by Gasteiger charge is -2.33. The molecule has 3 aromatic carbocycles. The van der Waals surface area contributed by atoms with Gasteiger partial charge in [0.25, 0.3) is 0 Å². The molecule has 0 fully saturated rings. The van der Waals surface area contributed by atoms with Gasteiger partial charge in [0.15, 0.2) is 11.5 Å². The molecule has 0 radical (unpaired) electrons. The van der Waals surface area contributed by atoms with Crippen molar-refractivity contribution >= 4 is 49.9 Å². The summed E-state index contributed by atoms with van der Waals surface area (Å²) >= 11 is 1.26. The second-order valence-electron chi connectivity index (χ2n) is 10.3. The predicted molar refractivity (Wildman–Crippen MR) is 174 cm³/mol. The van der Waals surface area contributed by atoms with Crippen LogP contribution in [-0.4, -0.2) is 76.6 Å². The molecule has 12 heteroatoms. The number of amides is 1. The molecule has 0 saturated carbocycles. The molecule has 1 N–H and O–H groups in total. The van der Waals surface area contributed by atoms with Crippen LogP contribution in [0.2, 0.25) is 0 Å². The third-order valence-electron chi connectivity index (χ3n) is 7.22. The summed E-state index contributed by atoms with van der Waals surface area (Å²) in [6.45, 7) is 1.33. The Bertz CT molecular complexity index is 1670. The number of methoxy groups -OCH3 is 2. The fraction of sp³-hybridized carbons (Fsp3) is 0.323. The lowest BCUT2D eigenvalue weighted by molar-refractivity contribution is 0.235. The third kappa shape index (κ3) is 7.31. The average Bonchev–Trinajstić information content (AvgIpc) is 3.00. The van der Waals surface area contributed by atoms with Gasteiger partial charge in [-0.3, -0.25) is 14.5 Å². The van der Waals surface area contributed by atoms with Crippen molar-refractivity contribution in [1.82, 2.24) is 5.01 Å². The maximum atomic E-state index is 11.9. The third-order valence-corrected chi connectivity index (χ3v) is 8.75. The first kappa shape index (κ1) is 30.4. The summed E-state index contributed by atoms with van der Waals surface area (Å²) in [6.07, 6.45) is 3.70. The highest BCUT2D eigenvalue weighted by Gasteiger charge is 2.25. The Hall–Kier alpha value is -4.03. The maximum absolute atomic E-state index is 11.9. The molecule has 5 rings (SSSR count). The van der Waals surface area contributed by atoms with Crippen molar-refractivity contribution in [3.05, 3.63) is 82.9 Å². The molecule has 2 aliphatic heterocycles. The number of aryl methyl sites for hydroxylation is 1. The number of amidine groups is 1. The normalized spacial score (nSPS) is 15.6. The van der Waals surface area contributed by atoms with Crippen LogP contribution >= 0.6 is 11.8 Å². The highest BCUT2D eigenvalue weighted by Crippen LogP contribution is 2.33. The van der Waals surface area contributed by atoms with Crippen LogP contribution < -0.4 is 19.1 Å². The standard InChI is InChI=1S/C31H35N5O5S2/c1-35-31(37)42-20-26(33-35)22-9-13-27-23(18-22)6-5-17-36(27)30(24-10-14-28(40-2)29(19-24)41-3)32-16-15-21-7-11-25(12-8-21)34-43(4,38)39/h7-14,18-19,34H,5-6,15-17,20H2,1-4H3/b32-30-. The SMILES string of the molecule is COc1ccc(/C(=N/CCc2ccc(NS(C)(=O)=O)cc2)N2CCCc3cc(C4=NN(C)C(=O)SC4)ccc32)cc1OC. The number of benzene rings is 3. The Morgan fingerprint density at radius 1 is 1.05 bits per heavy atom. The van der Waals surface area contributed by atoms with Crippen molar-refractivity contribution in [3.8, 4) is 11.5 Å². The van der Waals surface area contributed by atoms with E-state index < -0.39 is 10.0 Å². The summed E-state index contributed by atoms with van der Waals surface area (Å²) in [6, 6.07) is 19.6. The molecule has 3 aromatic rings. The average molecular weight is 622 g/mol. The maximum Gasteiger partial charge on any atom is 0.301 e. The molecule has 0 bridgehead atoms. The van der Waals surface area contributed by atoms with Gasteiger partial charge in [-0.15, -0.1) is 0 Å². The monoisotopic (exact) mass is 621 g/mol. The van der Waals surface area contributed by atoms with Crippen molar-refractivity contribution < 1.29 is 22.7 Å². The number of sulfonamides is 1. The Balaban J connectivity index is 1.46. The molecule has 2 aliphatic rings. The summed E-state index contributed by atoms with van der Waals surface area (Å²) < 4.78 is 36.7. The van der Waals surface area contributed by atoms with E-state index in [-0.39, 0.29) is 5.24 Å². The van der Waals surface area contributed by atoms with Crippen LogP contribution in [-0.2, 0) is 22.9 Å². The second kappa shape index (κ2) is 13.1. The smallest absolute Gasteiger partial charge is 0.301 e. The molecule has 0 aliphatic carbocycles. The van der Waals surface area contributed by atoms with E-state index in [0.717, 1.165) is 59.6 Å². The number of hydrogen-bond donors (Lipinski definition) is 1. The molecule has 0 saturated heterocycles. The number of hydrazone groups is 1. The highest BCUT2D eigenvalue weighted by atomic mass is 32.2. The first-order valence-corrected chi connectivity index (χ1v) is 16.8. The minimum absolute atomic E-state index is 0.0508. The van der Waals surface area contributed by atoms with E-state index in [1.807, 2.05) is 30.3 Å². The zero-order chi connectivity index (χ0) is 30.6.